The van der Waals surface area contributed by atoms with Crippen molar-refractivity contribution < 1.29 is 19.5 Å². The number of nitrogens with one attached hydrogen (secondary N) is 2. The molecule has 0 aliphatic rings. The summed E-state index contributed by atoms with van der Waals surface area (Å²) in [4.78, 5) is 35.1. The van der Waals surface area contributed by atoms with E-state index in [1.165, 1.54) is 12.1 Å². The standard InChI is InChI=1S/C18H15ClN2O4/c19-14-9-5-4-8-13(14)17(24)21-15(18(25)20-11-16(22)23)10-12-6-2-1-3-7-12/h1-10H,11H2,(H,20,25)(H,21,24)(H,22,23)/p-1/b15-10-. The molecule has 0 radical (unpaired) electrons. The second-order valence-corrected chi connectivity index (χ2v) is 5.36. The van der Waals surface area contributed by atoms with Gasteiger partial charge in [-0.3, -0.25) is 9.59 Å². The fourth-order valence-corrected chi connectivity index (χ4v) is 2.18. The van der Waals surface area contributed by atoms with Crippen molar-refractivity contribution in [1.82, 2.24) is 10.6 Å². The van der Waals surface area contributed by atoms with Gasteiger partial charge in [0.2, 0.25) is 0 Å². The number of hydrogen-bond acceptors (Lipinski definition) is 4. The number of carboxylic acid groups (broad SMARTS) is 1. The van der Waals surface area contributed by atoms with Crippen LogP contribution in [-0.4, -0.2) is 24.3 Å². The second kappa shape index (κ2) is 8.65. The predicted octanol–water partition coefficient (Wildman–Crippen LogP) is 0.977. The summed E-state index contributed by atoms with van der Waals surface area (Å²) >= 11 is 5.98. The molecule has 0 aliphatic carbocycles. The SMILES string of the molecule is O=C([O-])CNC(=O)/C(=C/c1ccccc1)NC(=O)c1ccccc1Cl. The van der Waals surface area contributed by atoms with Gasteiger partial charge >= 0.3 is 0 Å². The van der Waals surface area contributed by atoms with Crippen LogP contribution < -0.4 is 15.7 Å². The third-order valence-corrected chi connectivity index (χ3v) is 3.44. The molecule has 2 N–H and O–H groups in total. The maximum absolute atomic E-state index is 12.4. The fraction of sp³-hybridized carbons (Fsp3) is 0.0556. The molecule has 0 heterocycles. The first-order valence-electron chi connectivity index (χ1n) is 7.28. The van der Waals surface area contributed by atoms with Crippen LogP contribution in [0.1, 0.15) is 15.9 Å². The molecule has 7 heteroatoms. The lowest BCUT2D eigenvalue weighted by molar-refractivity contribution is -0.303. The van der Waals surface area contributed by atoms with Crippen molar-refractivity contribution in [2.45, 2.75) is 0 Å². The first-order chi connectivity index (χ1) is 12.0. The zero-order chi connectivity index (χ0) is 18.2. The molecule has 0 bridgehead atoms. The molecule has 0 atom stereocenters. The minimum atomic E-state index is -1.44. The van der Waals surface area contributed by atoms with E-state index >= 15 is 0 Å². The van der Waals surface area contributed by atoms with Gasteiger partial charge in [0.1, 0.15) is 5.70 Å². The smallest absolute Gasteiger partial charge is 0.268 e. The molecule has 0 aliphatic heterocycles. The van der Waals surface area contributed by atoms with Gasteiger partial charge in [0.05, 0.1) is 23.1 Å². The average molecular weight is 358 g/mol. The van der Waals surface area contributed by atoms with Crippen molar-refractivity contribution in [1.29, 1.82) is 0 Å². The highest BCUT2D eigenvalue weighted by Gasteiger charge is 2.16. The van der Waals surface area contributed by atoms with E-state index in [0.29, 0.717) is 5.56 Å². The third kappa shape index (κ3) is 5.47. The summed E-state index contributed by atoms with van der Waals surface area (Å²) in [6.45, 7) is -0.674. The van der Waals surface area contributed by atoms with Gasteiger partial charge in [0.15, 0.2) is 0 Å². The number of hydrogen-bond donors (Lipinski definition) is 2. The Kier molecular flexibility index (Phi) is 6.31. The molecule has 0 aromatic heterocycles. The number of halogens is 1. The molecule has 2 rings (SSSR count). The Morgan fingerprint density at radius 2 is 1.64 bits per heavy atom. The number of amides is 2. The van der Waals surface area contributed by atoms with Crippen molar-refractivity contribution in [2.24, 2.45) is 0 Å². The third-order valence-electron chi connectivity index (χ3n) is 3.12. The van der Waals surface area contributed by atoms with E-state index in [-0.39, 0.29) is 16.3 Å². The van der Waals surface area contributed by atoms with Crippen LogP contribution in [0.3, 0.4) is 0 Å². The molecule has 2 aromatic carbocycles. The van der Waals surface area contributed by atoms with Crippen molar-refractivity contribution >= 4 is 35.5 Å². The summed E-state index contributed by atoms with van der Waals surface area (Å²) in [6.07, 6.45) is 1.43. The first kappa shape index (κ1) is 18.2. The topological polar surface area (TPSA) is 98.3 Å². The Hall–Kier alpha value is -3.12. The van der Waals surface area contributed by atoms with Gasteiger partial charge in [-0.15, -0.1) is 0 Å². The quantitative estimate of drug-likeness (QED) is 0.753. The van der Waals surface area contributed by atoms with E-state index in [9.17, 15) is 19.5 Å². The maximum Gasteiger partial charge on any atom is 0.268 e. The molecular weight excluding hydrogens is 344 g/mol. The van der Waals surface area contributed by atoms with Crippen LogP contribution in [0, 0.1) is 0 Å². The van der Waals surface area contributed by atoms with Crippen LogP contribution in [0.25, 0.3) is 6.08 Å². The first-order valence-corrected chi connectivity index (χ1v) is 7.66. The largest absolute Gasteiger partial charge is 0.548 e. The van der Waals surface area contributed by atoms with Gasteiger partial charge in [-0.25, -0.2) is 0 Å². The molecule has 2 aromatic rings. The zero-order valence-corrected chi connectivity index (χ0v) is 13.7. The molecule has 128 valence electrons. The van der Waals surface area contributed by atoms with E-state index in [0.717, 1.165) is 0 Å². The Morgan fingerprint density at radius 3 is 2.28 bits per heavy atom. The lowest BCUT2D eigenvalue weighted by Crippen LogP contribution is -2.41. The molecule has 2 amide bonds. The van der Waals surface area contributed by atoms with Crippen LogP contribution in [0.2, 0.25) is 5.02 Å². The molecule has 0 fully saturated rings. The zero-order valence-electron chi connectivity index (χ0n) is 13.0. The molecule has 6 nitrogen and oxygen atoms in total. The summed E-state index contributed by atoms with van der Waals surface area (Å²) in [5, 5.41) is 15.4. The van der Waals surface area contributed by atoms with E-state index in [2.05, 4.69) is 10.6 Å². The number of rotatable bonds is 6. The van der Waals surface area contributed by atoms with E-state index < -0.39 is 24.3 Å². The molecule has 0 saturated heterocycles. The van der Waals surface area contributed by atoms with Gasteiger partial charge < -0.3 is 20.5 Å². The predicted molar refractivity (Wildman–Crippen MR) is 91.4 cm³/mol. The van der Waals surface area contributed by atoms with Gasteiger partial charge in [-0.05, 0) is 23.8 Å². The highest BCUT2D eigenvalue weighted by atomic mass is 35.5. The highest BCUT2D eigenvalue weighted by molar-refractivity contribution is 6.34. The van der Waals surface area contributed by atoms with Gasteiger partial charge in [0, 0.05) is 0 Å². The highest BCUT2D eigenvalue weighted by Crippen LogP contribution is 2.15. The van der Waals surface area contributed by atoms with Gasteiger partial charge in [-0.1, -0.05) is 54.1 Å². The van der Waals surface area contributed by atoms with Gasteiger partial charge in [0.25, 0.3) is 11.8 Å². The summed E-state index contributed by atoms with van der Waals surface area (Å²) in [5.41, 5.74) is 0.730. The molecule has 0 unspecified atom stereocenters. The van der Waals surface area contributed by atoms with Crippen LogP contribution in [0.5, 0.6) is 0 Å². The molecule has 0 saturated carbocycles. The summed E-state index contributed by atoms with van der Waals surface area (Å²) < 4.78 is 0. The lowest BCUT2D eigenvalue weighted by atomic mass is 10.1. The molecular formula is C18H14ClN2O4-. The summed E-state index contributed by atoms with van der Waals surface area (Å²) in [5.74, 6) is -2.78. The van der Waals surface area contributed by atoms with Crippen LogP contribution in [0.4, 0.5) is 0 Å². The fourth-order valence-electron chi connectivity index (χ4n) is 1.96. The average Bonchev–Trinajstić information content (AvgIpc) is 2.60. The minimum absolute atomic E-state index is 0.114. The van der Waals surface area contributed by atoms with Gasteiger partial charge in [-0.2, -0.15) is 0 Å². The number of carboxylic acids is 1. The van der Waals surface area contributed by atoms with E-state index in [1.807, 2.05) is 0 Å². The Labute approximate surface area is 149 Å². The number of carbonyl (C=O) groups is 3. The van der Waals surface area contributed by atoms with Crippen molar-refractivity contribution in [2.75, 3.05) is 6.54 Å². The van der Waals surface area contributed by atoms with E-state index in [4.69, 9.17) is 11.6 Å². The van der Waals surface area contributed by atoms with Crippen LogP contribution in [0.15, 0.2) is 60.3 Å². The number of aliphatic carboxylic acids is 1. The summed E-state index contributed by atoms with van der Waals surface area (Å²) in [7, 11) is 0. The summed E-state index contributed by atoms with van der Waals surface area (Å²) in [6, 6.07) is 15.2. The number of benzene rings is 2. The number of carbonyl (C=O) groups excluding carboxylic acids is 3. The van der Waals surface area contributed by atoms with Crippen molar-refractivity contribution in [3.05, 3.63) is 76.4 Å². The maximum atomic E-state index is 12.4. The Morgan fingerprint density at radius 1 is 1.00 bits per heavy atom. The lowest BCUT2D eigenvalue weighted by Gasteiger charge is -2.12. The minimum Gasteiger partial charge on any atom is -0.548 e. The van der Waals surface area contributed by atoms with Crippen LogP contribution in [-0.2, 0) is 9.59 Å². The van der Waals surface area contributed by atoms with E-state index in [1.54, 1.807) is 48.5 Å². The van der Waals surface area contributed by atoms with Crippen LogP contribution >= 0.6 is 11.6 Å². The van der Waals surface area contributed by atoms with Crippen molar-refractivity contribution in [3.8, 4) is 0 Å². The Balaban J connectivity index is 2.26. The normalized spacial score (nSPS) is 10.8. The molecule has 25 heavy (non-hydrogen) atoms. The second-order valence-electron chi connectivity index (χ2n) is 4.96. The monoisotopic (exact) mass is 357 g/mol. The Bertz CT molecular complexity index is 819. The van der Waals surface area contributed by atoms with Crippen molar-refractivity contribution in [3.63, 3.8) is 0 Å². The molecule has 0 spiro atoms.